The fourth-order valence-corrected chi connectivity index (χ4v) is 1.26. The summed E-state index contributed by atoms with van der Waals surface area (Å²) in [7, 11) is 0. The molecular formula is C9H8BrClO2. The molecule has 0 amide bonds. The minimum atomic E-state index is 0.0153. The van der Waals surface area contributed by atoms with Gasteiger partial charge in [0.2, 0.25) is 0 Å². The van der Waals surface area contributed by atoms with Crippen molar-refractivity contribution in [1.82, 2.24) is 0 Å². The Morgan fingerprint density at radius 2 is 2.23 bits per heavy atom. The number of carbonyl (C=O) groups excluding carboxylic acids is 1. The van der Waals surface area contributed by atoms with Crippen LogP contribution < -0.4 is 0 Å². The van der Waals surface area contributed by atoms with Gasteiger partial charge in [-0.2, -0.15) is 0 Å². The van der Waals surface area contributed by atoms with Crippen LogP contribution in [0.15, 0.2) is 18.2 Å². The predicted octanol–water partition coefficient (Wildman–Crippen LogP) is 2.55. The molecule has 4 heteroatoms. The first kappa shape index (κ1) is 10.5. The predicted molar refractivity (Wildman–Crippen MR) is 55.6 cm³/mol. The Bertz CT molecular complexity index is 325. The van der Waals surface area contributed by atoms with Crippen LogP contribution in [0.25, 0.3) is 0 Å². The maximum atomic E-state index is 11.0. The summed E-state index contributed by atoms with van der Waals surface area (Å²) in [6.07, 6.45) is 0.315. The first-order valence-electron chi connectivity index (χ1n) is 3.68. The molecule has 1 aromatic rings. The lowest BCUT2D eigenvalue weighted by atomic mass is 10.1. The molecule has 0 fully saturated rings. The number of phenols is 1. The van der Waals surface area contributed by atoms with Crippen molar-refractivity contribution in [2.24, 2.45) is 0 Å². The Morgan fingerprint density at radius 3 is 2.77 bits per heavy atom. The number of hydrogen-bond acceptors (Lipinski definition) is 2. The number of carbonyl (C=O) groups is 1. The van der Waals surface area contributed by atoms with Gasteiger partial charge in [-0.1, -0.05) is 33.6 Å². The van der Waals surface area contributed by atoms with Crippen molar-refractivity contribution in [2.45, 2.75) is 6.42 Å². The zero-order valence-corrected chi connectivity index (χ0v) is 9.10. The van der Waals surface area contributed by atoms with Crippen LogP contribution in [0.4, 0.5) is 0 Å². The Hall–Kier alpha value is -0.540. The largest absolute Gasteiger partial charge is 0.506 e. The van der Waals surface area contributed by atoms with Crippen LogP contribution in [0, 0.1) is 0 Å². The summed E-state index contributed by atoms with van der Waals surface area (Å²) in [5.41, 5.74) is 0.770. The van der Waals surface area contributed by atoms with Crippen molar-refractivity contribution >= 4 is 33.3 Å². The van der Waals surface area contributed by atoms with E-state index in [0.29, 0.717) is 16.8 Å². The maximum Gasteiger partial charge on any atom is 0.147 e. The number of phenolic OH excluding ortho intramolecular Hbond substituents is 1. The molecule has 0 aromatic heterocycles. The molecule has 13 heavy (non-hydrogen) atoms. The van der Waals surface area contributed by atoms with E-state index < -0.39 is 0 Å². The van der Waals surface area contributed by atoms with E-state index in [4.69, 9.17) is 11.6 Å². The average Bonchev–Trinajstić information content (AvgIpc) is 2.11. The van der Waals surface area contributed by atoms with E-state index in [0.717, 1.165) is 5.56 Å². The van der Waals surface area contributed by atoms with Crippen molar-refractivity contribution < 1.29 is 9.90 Å². The molecule has 2 nitrogen and oxygen atoms in total. The van der Waals surface area contributed by atoms with Gasteiger partial charge in [0.05, 0.1) is 10.4 Å². The first-order valence-corrected chi connectivity index (χ1v) is 5.18. The molecule has 1 rings (SSSR count). The van der Waals surface area contributed by atoms with Gasteiger partial charge < -0.3 is 5.11 Å². The molecule has 0 radical (unpaired) electrons. The highest BCUT2D eigenvalue weighted by Crippen LogP contribution is 2.23. The van der Waals surface area contributed by atoms with Gasteiger partial charge in [0.1, 0.15) is 11.5 Å². The lowest BCUT2D eigenvalue weighted by Crippen LogP contribution is -2.02. The summed E-state index contributed by atoms with van der Waals surface area (Å²) in [5, 5.41) is 9.86. The van der Waals surface area contributed by atoms with Gasteiger partial charge in [0.25, 0.3) is 0 Å². The smallest absolute Gasteiger partial charge is 0.147 e. The van der Waals surface area contributed by atoms with E-state index in [1.807, 2.05) is 0 Å². The topological polar surface area (TPSA) is 37.3 Å². The summed E-state index contributed by atoms with van der Waals surface area (Å²) in [5.74, 6) is 0.0864. The molecule has 0 unspecified atom stereocenters. The van der Waals surface area contributed by atoms with Gasteiger partial charge in [0.15, 0.2) is 0 Å². The highest BCUT2D eigenvalue weighted by molar-refractivity contribution is 9.09. The van der Waals surface area contributed by atoms with E-state index in [1.54, 1.807) is 12.1 Å². The molecule has 0 saturated carbocycles. The zero-order valence-electron chi connectivity index (χ0n) is 6.76. The molecule has 0 spiro atoms. The van der Waals surface area contributed by atoms with E-state index in [9.17, 15) is 9.90 Å². The van der Waals surface area contributed by atoms with Crippen LogP contribution in [0.2, 0.25) is 5.02 Å². The summed E-state index contributed by atoms with van der Waals surface area (Å²) >= 11 is 8.67. The van der Waals surface area contributed by atoms with Gasteiger partial charge in [0, 0.05) is 6.42 Å². The van der Waals surface area contributed by atoms with Crippen LogP contribution >= 0.6 is 27.5 Å². The Balaban J connectivity index is 2.79. The fraction of sp³-hybridized carbons (Fsp3) is 0.222. The Kier molecular flexibility index (Phi) is 3.75. The van der Waals surface area contributed by atoms with Crippen molar-refractivity contribution in [3.63, 3.8) is 0 Å². The molecule has 0 bridgehead atoms. The minimum absolute atomic E-state index is 0.0153. The number of Topliss-reactive ketones (excluding diaryl/α,β-unsaturated/α-hetero) is 1. The van der Waals surface area contributed by atoms with Crippen LogP contribution in [-0.2, 0) is 11.2 Å². The van der Waals surface area contributed by atoms with Crippen LogP contribution in [0.1, 0.15) is 5.56 Å². The summed E-state index contributed by atoms with van der Waals surface area (Å²) in [6.45, 7) is 0. The van der Waals surface area contributed by atoms with Crippen LogP contribution in [-0.4, -0.2) is 16.2 Å². The SMILES string of the molecule is O=C(CBr)Cc1ccc(Cl)c(O)c1. The highest BCUT2D eigenvalue weighted by Gasteiger charge is 2.04. The van der Waals surface area contributed by atoms with Gasteiger partial charge in [-0.25, -0.2) is 0 Å². The molecule has 0 atom stereocenters. The Labute approximate surface area is 89.7 Å². The molecule has 70 valence electrons. The number of alkyl halides is 1. The number of aromatic hydroxyl groups is 1. The second-order valence-corrected chi connectivity index (χ2v) is 3.60. The maximum absolute atomic E-state index is 11.0. The number of rotatable bonds is 3. The van der Waals surface area contributed by atoms with E-state index in [2.05, 4.69) is 15.9 Å². The summed E-state index contributed by atoms with van der Waals surface area (Å²) < 4.78 is 0. The quantitative estimate of drug-likeness (QED) is 0.851. The number of halogens is 2. The van der Waals surface area contributed by atoms with E-state index in [-0.39, 0.29) is 11.5 Å². The van der Waals surface area contributed by atoms with E-state index >= 15 is 0 Å². The van der Waals surface area contributed by atoms with Crippen molar-refractivity contribution in [3.8, 4) is 5.75 Å². The monoisotopic (exact) mass is 262 g/mol. The first-order chi connectivity index (χ1) is 6.13. The molecular weight excluding hydrogens is 255 g/mol. The van der Waals surface area contributed by atoms with Gasteiger partial charge in [-0.05, 0) is 17.7 Å². The third-order valence-corrected chi connectivity index (χ3v) is 2.51. The average molecular weight is 264 g/mol. The van der Waals surface area contributed by atoms with Crippen molar-refractivity contribution in [1.29, 1.82) is 0 Å². The molecule has 0 aliphatic carbocycles. The van der Waals surface area contributed by atoms with Gasteiger partial charge in [-0.3, -0.25) is 4.79 Å². The third kappa shape index (κ3) is 3.01. The lowest BCUT2D eigenvalue weighted by Gasteiger charge is -2.00. The minimum Gasteiger partial charge on any atom is -0.506 e. The molecule has 0 saturated heterocycles. The van der Waals surface area contributed by atoms with Crippen molar-refractivity contribution in [2.75, 3.05) is 5.33 Å². The molecule has 0 heterocycles. The molecule has 1 aromatic carbocycles. The second kappa shape index (κ2) is 4.63. The van der Waals surface area contributed by atoms with Gasteiger partial charge >= 0.3 is 0 Å². The van der Waals surface area contributed by atoms with Crippen molar-refractivity contribution in [3.05, 3.63) is 28.8 Å². The van der Waals surface area contributed by atoms with E-state index in [1.165, 1.54) is 6.07 Å². The fourth-order valence-electron chi connectivity index (χ4n) is 0.943. The molecule has 1 N–H and O–H groups in total. The second-order valence-electron chi connectivity index (χ2n) is 2.63. The van der Waals surface area contributed by atoms with Gasteiger partial charge in [-0.15, -0.1) is 0 Å². The summed E-state index contributed by atoms with van der Waals surface area (Å²) in [6, 6.07) is 4.80. The number of ketones is 1. The van der Waals surface area contributed by atoms with Crippen LogP contribution in [0.3, 0.4) is 0 Å². The summed E-state index contributed by atoms with van der Waals surface area (Å²) in [4.78, 5) is 11.0. The standard InChI is InChI=1S/C9H8BrClO2/c10-5-7(12)3-6-1-2-8(11)9(13)4-6/h1-2,4,13H,3,5H2. The highest BCUT2D eigenvalue weighted by atomic mass is 79.9. The molecule has 0 aliphatic heterocycles. The third-order valence-electron chi connectivity index (χ3n) is 1.56. The lowest BCUT2D eigenvalue weighted by molar-refractivity contribution is -0.115. The zero-order chi connectivity index (χ0) is 9.84. The number of hydrogen-bond donors (Lipinski definition) is 1. The normalized spacial score (nSPS) is 10.0. The van der Waals surface area contributed by atoms with Crippen LogP contribution in [0.5, 0.6) is 5.75 Å². The molecule has 0 aliphatic rings. The number of benzene rings is 1. The Morgan fingerprint density at radius 1 is 1.54 bits per heavy atom.